The van der Waals surface area contributed by atoms with Gasteiger partial charge in [-0.15, -0.1) is 10.2 Å². The molecule has 1 aliphatic rings. The van der Waals surface area contributed by atoms with Crippen molar-refractivity contribution < 1.29 is 9.52 Å². The number of likely N-dealkylation sites (tertiary alicyclic amines) is 1. The van der Waals surface area contributed by atoms with Crippen molar-refractivity contribution in [3.05, 3.63) is 35.2 Å². The molecule has 5 nitrogen and oxygen atoms in total. The van der Waals surface area contributed by atoms with E-state index in [2.05, 4.69) is 22.0 Å². The first-order valence-electron chi connectivity index (χ1n) is 8.06. The van der Waals surface area contributed by atoms with Gasteiger partial charge in [0.2, 0.25) is 11.8 Å². The number of hydrogen-bond donors (Lipinski definition) is 1. The van der Waals surface area contributed by atoms with E-state index in [-0.39, 0.29) is 12.0 Å². The van der Waals surface area contributed by atoms with Gasteiger partial charge in [-0.3, -0.25) is 4.90 Å². The molecule has 1 saturated heterocycles. The molecule has 1 aliphatic heterocycles. The second-order valence-corrected chi connectivity index (χ2v) is 6.73. The summed E-state index contributed by atoms with van der Waals surface area (Å²) in [6.07, 6.45) is 3.05. The fourth-order valence-electron chi connectivity index (χ4n) is 3.03. The number of aliphatic hydroxyl groups is 1. The summed E-state index contributed by atoms with van der Waals surface area (Å²) in [5, 5.41) is 18.5. The lowest BCUT2D eigenvalue weighted by molar-refractivity contribution is 0.0355. The maximum absolute atomic E-state index is 9.60. The Hall–Kier alpha value is -1.43. The monoisotopic (exact) mass is 335 g/mol. The first-order valence-corrected chi connectivity index (χ1v) is 8.43. The average Bonchev–Trinajstić information content (AvgIpc) is 3.05. The third-order valence-corrected chi connectivity index (χ3v) is 5.17. The van der Waals surface area contributed by atoms with Gasteiger partial charge in [-0.05, 0) is 62.0 Å². The Morgan fingerprint density at radius 2 is 1.91 bits per heavy atom. The third-order valence-electron chi connectivity index (χ3n) is 4.92. The van der Waals surface area contributed by atoms with Gasteiger partial charge in [0.15, 0.2) is 0 Å². The van der Waals surface area contributed by atoms with E-state index in [1.807, 2.05) is 24.3 Å². The van der Waals surface area contributed by atoms with Crippen LogP contribution in [-0.2, 0) is 6.54 Å². The standard InChI is InChI=1S/C17H22ClN3O2/c1-2-17(12-22)7-9-21(10-8-17)11-15-19-20-16(23-15)13-3-5-14(18)6-4-13/h3-6,22H,2,7-12H2,1H3. The van der Waals surface area contributed by atoms with Crippen LogP contribution < -0.4 is 0 Å². The highest BCUT2D eigenvalue weighted by molar-refractivity contribution is 6.30. The van der Waals surface area contributed by atoms with Crippen LogP contribution in [0.2, 0.25) is 5.02 Å². The van der Waals surface area contributed by atoms with Crippen LogP contribution in [0.25, 0.3) is 11.5 Å². The molecule has 23 heavy (non-hydrogen) atoms. The molecule has 2 aromatic rings. The van der Waals surface area contributed by atoms with Crippen LogP contribution in [0.3, 0.4) is 0 Å². The van der Waals surface area contributed by atoms with E-state index < -0.39 is 0 Å². The first-order chi connectivity index (χ1) is 11.1. The minimum Gasteiger partial charge on any atom is -0.419 e. The molecule has 0 radical (unpaired) electrons. The third kappa shape index (κ3) is 3.74. The maximum Gasteiger partial charge on any atom is 0.247 e. The highest BCUT2D eigenvalue weighted by Gasteiger charge is 2.32. The average molecular weight is 336 g/mol. The van der Waals surface area contributed by atoms with E-state index in [4.69, 9.17) is 16.0 Å². The summed E-state index contributed by atoms with van der Waals surface area (Å²) in [6, 6.07) is 7.37. The number of nitrogens with zero attached hydrogens (tertiary/aromatic N) is 3. The number of rotatable bonds is 5. The van der Waals surface area contributed by atoms with Crippen LogP contribution in [0, 0.1) is 5.41 Å². The van der Waals surface area contributed by atoms with Gasteiger partial charge in [-0.1, -0.05) is 18.5 Å². The van der Waals surface area contributed by atoms with E-state index >= 15 is 0 Å². The highest BCUT2D eigenvalue weighted by atomic mass is 35.5. The lowest BCUT2D eigenvalue weighted by Gasteiger charge is -2.39. The number of halogens is 1. The summed E-state index contributed by atoms with van der Waals surface area (Å²) >= 11 is 5.89. The van der Waals surface area contributed by atoms with Crippen molar-refractivity contribution in [2.45, 2.75) is 32.7 Å². The van der Waals surface area contributed by atoms with E-state index in [0.717, 1.165) is 37.9 Å². The van der Waals surface area contributed by atoms with Gasteiger partial charge in [-0.25, -0.2) is 0 Å². The zero-order valence-electron chi connectivity index (χ0n) is 13.3. The van der Waals surface area contributed by atoms with Crippen molar-refractivity contribution in [2.24, 2.45) is 5.41 Å². The Morgan fingerprint density at radius 1 is 1.22 bits per heavy atom. The molecule has 2 heterocycles. The van der Waals surface area contributed by atoms with Gasteiger partial charge < -0.3 is 9.52 Å². The van der Waals surface area contributed by atoms with Gasteiger partial charge in [0.1, 0.15) is 0 Å². The van der Waals surface area contributed by atoms with Crippen LogP contribution in [-0.4, -0.2) is 39.9 Å². The molecule has 0 amide bonds. The van der Waals surface area contributed by atoms with Gasteiger partial charge in [0, 0.05) is 17.2 Å². The normalized spacial score (nSPS) is 18.2. The van der Waals surface area contributed by atoms with E-state index in [1.54, 1.807) is 0 Å². The minimum absolute atomic E-state index is 0.0970. The predicted octanol–water partition coefficient (Wildman–Crippen LogP) is 3.37. The maximum atomic E-state index is 9.60. The molecule has 1 N–H and O–H groups in total. The van der Waals surface area contributed by atoms with Crippen molar-refractivity contribution in [1.29, 1.82) is 0 Å². The summed E-state index contributed by atoms with van der Waals surface area (Å²) in [7, 11) is 0. The van der Waals surface area contributed by atoms with Gasteiger partial charge >= 0.3 is 0 Å². The minimum atomic E-state index is 0.0970. The summed E-state index contributed by atoms with van der Waals surface area (Å²) in [6.45, 7) is 4.99. The first kappa shape index (κ1) is 16.4. The molecule has 0 bridgehead atoms. The molecule has 1 fully saturated rings. The van der Waals surface area contributed by atoms with Crippen molar-refractivity contribution in [2.75, 3.05) is 19.7 Å². The Labute approximate surface area is 141 Å². The van der Waals surface area contributed by atoms with E-state index in [9.17, 15) is 5.11 Å². The second kappa shape index (κ2) is 6.99. The van der Waals surface area contributed by atoms with E-state index in [1.165, 1.54) is 0 Å². The lowest BCUT2D eigenvalue weighted by atomic mass is 9.77. The fraction of sp³-hybridized carbons (Fsp3) is 0.529. The largest absolute Gasteiger partial charge is 0.419 e. The quantitative estimate of drug-likeness (QED) is 0.907. The number of aromatic nitrogens is 2. The Balaban J connectivity index is 1.61. The molecule has 0 saturated carbocycles. The molecule has 124 valence electrons. The molecule has 0 unspecified atom stereocenters. The number of piperidine rings is 1. The summed E-state index contributed by atoms with van der Waals surface area (Å²) in [4.78, 5) is 2.31. The van der Waals surface area contributed by atoms with Crippen LogP contribution in [0.15, 0.2) is 28.7 Å². The molecule has 0 aliphatic carbocycles. The van der Waals surface area contributed by atoms with Crippen LogP contribution in [0.1, 0.15) is 32.1 Å². The Morgan fingerprint density at radius 3 is 2.52 bits per heavy atom. The van der Waals surface area contributed by atoms with Gasteiger partial charge in [0.25, 0.3) is 0 Å². The molecule has 6 heteroatoms. The van der Waals surface area contributed by atoms with Crippen molar-refractivity contribution in [3.8, 4) is 11.5 Å². The number of benzene rings is 1. The summed E-state index contributed by atoms with van der Waals surface area (Å²) in [5.41, 5.74) is 0.969. The topological polar surface area (TPSA) is 62.4 Å². The van der Waals surface area contributed by atoms with Crippen LogP contribution in [0.4, 0.5) is 0 Å². The molecular formula is C17H22ClN3O2. The van der Waals surface area contributed by atoms with Crippen LogP contribution in [0.5, 0.6) is 0 Å². The molecule has 3 rings (SSSR count). The Kier molecular flexibility index (Phi) is 4.99. The van der Waals surface area contributed by atoms with Crippen molar-refractivity contribution in [1.82, 2.24) is 15.1 Å². The van der Waals surface area contributed by atoms with Crippen LogP contribution >= 0.6 is 11.6 Å². The zero-order chi connectivity index (χ0) is 16.3. The number of aliphatic hydroxyl groups excluding tert-OH is 1. The molecule has 1 aromatic heterocycles. The van der Waals surface area contributed by atoms with Gasteiger partial charge in [0.05, 0.1) is 6.54 Å². The highest BCUT2D eigenvalue weighted by Crippen LogP contribution is 2.34. The molecular weight excluding hydrogens is 314 g/mol. The van der Waals surface area contributed by atoms with E-state index in [0.29, 0.717) is 23.3 Å². The fourth-order valence-corrected chi connectivity index (χ4v) is 3.15. The predicted molar refractivity (Wildman–Crippen MR) is 89.1 cm³/mol. The zero-order valence-corrected chi connectivity index (χ0v) is 14.1. The number of hydrogen-bond acceptors (Lipinski definition) is 5. The summed E-state index contributed by atoms with van der Waals surface area (Å²) in [5.74, 6) is 1.15. The van der Waals surface area contributed by atoms with Crippen molar-refractivity contribution >= 4 is 11.6 Å². The Bertz CT molecular complexity index is 628. The van der Waals surface area contributed by atoms with Gasteiger partial charge in [-0.2, -0.15) is 0 Å². The smallest absolute Gasteiger partial charge is 0.247 e. The SMILES string of the molecule is CCC1(CO)CCN(Cc2nnc(-c3ccc(Cl)cc3)o2)CC1. The molecule has 0 atom stereocenters. The summed E-state index contributed by atoms with van der Waals surface area (Å²) < 4.78 is 5.76. The second-order valence-electron chi connectivity index (χ2n) is 6.30. The molecule has 0 spiro atoms. The lowest BCUT2D eigenvalue weighted by Crippen LogP contribution is -2.41. The van der Waals surface area contributed by atoms with Crippen molar-refractivity contribution in [3.63, 3.8) is 0 Å². The molecule has 1 aromatic carbocycles.